The van der Waals surface area contributed by atoms with E-state index in [0.29, 0.717) is 27.9 Å². The minimum Gasteiger partial charge on any atom is -0.325 e. The molecular weight excluding hydrogens is 469 g/mol. The van der Waals surface area contributed by atoms with Crippen molar-refractivity contribution in [2.24, 2.45) is 7.05 Å². The molecule has 0 radical (unpaired) electrons. The lowest BCUT2D eigenvalue weighted by atomic mass is 10.1. The molecule has 0 aliphatic carbocycles. The second-order valence-corrected chi connectivity index (χ2v) is 10.0. The molecule has 33 heavy (non-hydrogen) atoms. The SMILES string of the molecule is CC(=O)c1ccc(NC(=O)CSc2nnc(CN(c3ccc(F)cc3)S(C)(=O)=O)n2C)cc1. The maximum absolute atomic E-state index is 13.2. The molecule has 174 valence electrons. The quantitative estimate of drug-likeness (QED) is 0.362. The van der Waals surface area contributed by atoms with Crippen LogP contribution in [-0.4, -0.2) is 46.9 Å². The predicted octanol–water partition coefficient (Wildman–Crippen LogP) is 2.85. The molecule has 12 heteroatoms. The van der Waals surface area contributed by atoms with E-state index in [1.54, 1.807) is 35.9 Å². The number of carbonyl (C=O) groups is 2. The summed E-state index contributed by atoms with van der Waals surface area (Å²) in [7, 11) is -2.00. The molecule has 0 atom stereocenters. The molecule has 9 nitrogen and oxygen atoms in total. The van der Waals surface area contributed by atoms with Gasteiger partial charge in [0.15, 0.2) is 16.8 Å². The summed E-state index contributed by atoms with van der Waals surface area (Å²) in [6, 6.07) is 11.7. The molecule has 0 saturated heterocycles. The summed E-state index contributed by atoms with van der Waals surface area (Å²) in [4.78, 5) is 23.6. The topological polar surface area (TPSA) is 114 Å². The molecule has 0 fully saturated rings. The lowest BCUT2D eigenvalue weighted by molar-refractivity contribution is -0.113. The van der Waals surface area contributed by atoms with Crippen molar-refractivity contribution >= 4 is 44.9 Å². The van der Waals surface area contributed by atoms with Gasteiger partial charge in [0.05, 0.1) is 24.2 Å². The minimum absolute atomic E-state index is 0.0498. The summed E-state index contributed by atoms with van der Waals surface area (Å²) in [6.45, 7) is 1.36. The third-order valence-corrected chi connectivity index (χ3v) is 6.79. The van der Waals surface area contributed by atoms with E-state index < -0.39 is 15.8 Å². The average molecular weight is 492 g/mol. The smallest absolute Gasteiger partial charge is 0.234 e. The number of rotatable bonds is 9. The van der Waals surface area contributed by atoms with Crippen LogP contribution in [0, 0.1) is 5.82 Å². The summed E-state index contributed by atoms with van der Waals surface area (Å²) < 4.78 is 40.5. The van der Waals surface area contributed by atoms with Gasteiger partial charge in [0.1, 0.15) is 5.82 Å². The van der Waals surface area contributed by atoms with Gasteiger partial charge in [-0.15, -0.1) is 10.2 Å². The maximum Gasteiger partial charge on any atom is 0.234 e. The van der Waals surface area contributed by atoms with E-state index in [2.05, 4.69) is 15.5 Å². The Balaban J connectivity index is 1.65. The molecule has 1 N–H and O–H groups in total. The molecule has 3 rings (SSSR count). The molecule has 0 aliphatic heterocycles. The van der Waals surface area contributed by atoms with Crippen molar-refractivity contribution in [1.82, 2.24) is 14.8 Å². The Kier molecular flexibility index (Phi) is 7.49. The van der Waals surface area contributed by atoms with Gasteiger partial charge < -0.3 is 9.88 Å². The summed E-state index contributed by atoms with van der Waals surface area (Å²) in [5, 5.41) is 11.3. The zero-order chi connectivity index (χ0) is 24.2. The molecule has 0 saturated carbocycles. The largest absolute Gasteiger partial charge is 0.325 e. The fourth-order valence-corrected chi connectivity index (χ4v) is 4.44. The number of sulfonamides is 1. The normalized spacial score (nSPS) is 11.3. The van der Waals surface area contributed by atoms with Crippen LogP contribution in [0.25, 0.3) is 0 Å². The van der Waals surface area contributed by atoms with Gasteiger partial charge in [-0.3, -0.25) is 13.9 Å². The number of thioether (sulfide) groups is 1. The van der Waals surface area contributed by atoms with Crippen LogP contribution < -0.4 is 9.62 Å². The monoisotopic (exact) mass is 491 g/mol. The van der Waals surface area contributed by atoms with Gasteiger partial charge in [-0.25, -0.2) is 12.8 Å². The van der Waals surface area contributed by atoms with Gasteiger partial charge in [-0.2, -0.15) is 0 Å². The van der Waals surface area contributed by atoms with E-state index in [0.717, 1.165) is 22.3 Å². The van der Waals surface area contributed by atoms with E-state index in [1.807, 2.05) is 0 Å². The second-order valence-electron chi connectivity index (χ2n) is 7.17. The fourth-order valence-electron chi connectivity index (χ4n) is 2.86. The highest BCUT2D eigenvalue weighted by atomic mass is 32.2. The number of nitrogens with zero attached hydrogens (tertiary/aromatic N) is 4. The third kappa shape index (κ3) is 6.39. The van der Waals surface area contributed by atoms with Crippen LogP contribution in [0.15, 0.2) is 53.7 Å². The summed E-state index contributed by atoms with van der Waals surface area (Å²) >= 11 is 1.14. The van der Waals surface area contributed by atoms with E-state index in [4.69, 9.17) is 0 Å². The van der Waals surface area contributed by atoms with Crippen LogP contribution in [0.5, 0.6) is 0 Å². The fraction of sp³-hybridized carbons (Fsp3) is 0.238. The first kappa shape index (κ1) is 24.4. The highest BCUT2D eigenvalue weighted by Crippen LogP contribution is 2.22. The zero-order valence-electron chi connectivity index (χ0n) is 18.1. The van der Waals surface area contributed by atoms with Crippen LogP contribution in [0.4, 0.5) is 15.8 Å². The molecule has 2 aromatic carbocycles. The minimum atomic E-state index is -3.67. The molecule has 1 amide bonds. The van der Waals surface area contributed by atoms with Gasteiger partial charge in [-0.1, -0.05) is 11.8 Å². The van der Waals surface area contributed by atoms with E-state index in [9.17, 15) is 22.4 Å². The number of hydrogen-bond acceptors (Lipinski definition) is 7. The van der Waals surface area contributed by atoms with Crippen molar-refractivity contribution in [2.75, 3.05) is 21.6 Å². The van der Waals surface area contributed by atoms with Crippen molar-refractivity contribution in [2.45, 2.75) is 18.6 Å². The van der Waals surface area contributed by atoms with E-state index >= 15 is 0 Å². The Bertz CT molecular complexity index is 1260. The van der Waals surface area contributed by atoms with E-state index in [-0.39, 0.29) is 24.0 Å². The van der Waals surface area contributed by atoms with Gasteiger partial charge in [-0.05, 0) is 55.5 Å². The second kappa shape index (κ2) is 10.1. The van der Waals surface area contributed by atoms with Gasteiger partial charge in [0, 0.05) is 18.3 Å². The van der Waals surface area contributed by atoms with Gasteiger partial charge >= 0.3 is 0 Å². The van der Waals surface area contributed by atoms with Crippen molar-refractivity contribution in [1.29, 1.82) is 0 Å². The van der Waals surface area contributed by atoms with E-state index in [1.165, 1.54) is 31.2 Å². The van der Waals surface area contributed by atoms with Crippen molar-refractivity contribution in [3.63, 3.8) is 0 Å². The summed E-state index contributed by atoms with van der Waals surface area (Å²) in [6.07, 6.45) is 1.05. The first-order valence-corrected chi connectivity index (χ1v) is 12.5. The highest BCUT2D eigenvalue weighted by molar-refractivity contribution is 7.99. The van der Waals surface area contributed by atoms with Crippen molar-refractivity contribution < 1.29 is 22.4 Å². The van der Waals surface area contributed by atoms with Crippen molar-refractivity contribution in [3.05, 3.63) is 65.7 Å². The molecule has 0 bridgehead atoms. The first-order valence-electron chi connectivity index (χ1n) is 9.70. The Morgan fingerprint density at radius 1 is 1.09 bits per heavy atom. The zero-order valence-corrected chi connectivity index (χ0v) is 19.8. The van der Waals surface area contributed by atoms with Crippen LogP contribution in [0.2, 0.25) is 0 Å². The summed E-state index contributed by atoms with van der Waals surface area (Å²) in [5.41, 5.74) is 1.41. The Morgan fingerprint density at radius 3 is 2.30 bits per heavy atom. The van der Waals surface area contributed by atoms with Crippen LogP contribution >= 0.6 is 11.8 Å². The molecule has 3 aromatic rings. The molecule has 0 unspecified atom stereocenters. The third-order valence-electron chi connectivity index (χ3n) is 4.63. The van der Waals surface area contributed by atoms with Crippen LogP contribution in [-0.2, 0) is 28.4 Å². The number of nitrogens with one attached hydrogen (secondary N) is 1. The first-order chi connectivity index (χ1) is 15.5. The lowest BCUT2D eigenvalue weighted by Crippen LogP contribution is -2.30. The highest BCUT2D eigenvalue weighted by Gasteiger charge is 2.22. The Morgan fingerprint density at radius 2 is 1.73 bits per heavy atom. The van der Waals surface area contributed by atoms with Crippen LogP contribution in [0.3, 0.4) is 0 Å². The number of halogens is 1. The number of benzene rings is 2. The molecule has 1 heterocycles. The molecule has 0 spiro atoms. The number of amides is 1. The number of anilines is 2. The molecule has 1 aromatic heterocycles. The van der Waals surface area contributed by atoms with Gasteiger partial charge in [0.25, 0.3) is 0 Å². The Hall–Kier alpha value is -3.25. The number of ketones is 1. The number of carbonyl (C=O) groups excluding carboxylic acids is 2. The number of Topliss-reactive ketones (excluding diaryl/α,β-unsaturated/α-hetero) is 1. The molecule has 0 aliphatic rings. The van der Waals surface area contributed by atoms with Crippen molar-refractivity contribution in [3.8, 4) is 0 Å². The number of aromatic nitrogens is 3. The van der Waals surface area contributed by atoms with Gasteiger partial charge in [0.2, 0.25) is 15.9 Å². The Labute approximate surface area is 195 Å². The number of hydrogen-bond donors (Lipinski definition) is 1. The van der Waals surface area contributed by atoms with Crippen LogP contribution in [0.1, 0.15) is 23.1 Å². The molecular formula is C21H22FN5O4S2. The average Bonchev–Trinajstić information content (AvgIpc) is 3.10. The summed E-state index contributed by atoms with van der Waals surface area (Å²) in [5.74, 6) is -0.404. The maximum atomic E-state index is 13.2. The lowest BCUT2D eigenvalue weighted by Gasteiger charge is -2.21. The standard InChI is InChI=1S/C21H22FN5O4S2/c1-14(28)15-4-8-17(9-5-15)23-20(29)13-32-21-25-24-19(26(21)2)12-27(33(3,30)31)18-10-6-16(22)7-11-18/h4-11H,12-13H2,1-3H3,(H,23,29). The predicted molar refractivity (Wildman–Crippen MR) is 124 cm³/mol.